The summed E-state index contributed by atoms with van der Waals surface area (Å²) in [5.74, 6) is 0. The lowest BCUT2D eigenvalue weighted by Gasteiger charge is -2.45. The van der Waals surface area contributed by atoms with Gasteiger partial charge in [-0.1, -0.05) is 197 Å². The number of nitrogens with zero attached hydrogens (tertiary/aromatic N) is 3. The predicted octanol–water partition coefficient (Wildman–Crippen LogP) is 18.5. The van der Waals surface area contributed by atoms with E-state index in [0.29, 0.717) is 0 Å². The van der Waals surface area contributed by atoms with Gasteiger partial charge in [-0.05, 0) is 197 Å². The van der Waals surface area contributed by atoms with Crippen LogP contribution in [0.2, 0.25) is 0 Å². The number of hydrogen-bond acceptors (Lipinski definition) is 3. The fraction of sp³-hybridized carbons (Fsp3) is 0.351. The van der Waals surface area contributed by atoms with Crippen LogP contribution in [0.25, 0.3) is 11.1 Å². The van der Waals surface area contributed by atoms with E-state index in [1.54, 1.807) is 16.7 Å². The molecule has 2 heterocycles. The molecular formula is C74H82BN3. The summed E-state index contributed by atoms with van der Waals surface area (Å²) < 4.78 is 0. The molecule has 396 valence electrons. The van der Waals surface area contributed by atoms with Crippen molar-refractivity contribution < 1.29 is 0 Å². The van der Waals surface area contributed by atoms with Crippen LogP contribution in [-0.4, -0.2) is 6.71 Å². The first-order valence-electron chi connectivity index (χ1n) is 29.1. The Kier molecular flexibility index (Phi) is 11.7. The SMILES string of the molecule is CC(C)(C)c1ccc(N(c2ccc(C(C)(C)C)cc2)c2cc3c4c(c2)N(c2ccc(C(C)(C)C)cc2)c2cc5c(cc2B4c2cc(C(C)(C)C)ccc2N3c2ccc(C(C)(C)C)cc2)C(C)(C)c2c-5ccc3c2CCC3)cc1. The summed E-state index contributed by atoms with van der Waals surface area (Å²) in [7, 11) is 0. The maximum absolute atomic E-state index is 2.68. The number of rotatable bonds is 5. The summed E-state index contributed by atoms with van der Waals surface area (Å²) in [5.41, 5.74) is 30.0. The van der Waals surface area contributed by atoms with E-state index in [1.165, 1.54) is 102 Å². The maximum Gasteiger partial charge on any atom is 0.252 e. The monoisotopic (exact) mass is 1020 g/mol. The lowest BCUT2D eigenvalue weighted by atomic mass is 9.33. The van der Waals surface area contributed by atoms with Gasteiger partial charge in [0.15, 0.2) is 0 Å². The molecular weight excluding hydrogens is 942 g/mol. The third kappa shape index (κ3) is 8.45. The zero-order chi connectivity index (χ0) is 55.4. The van der Waals surface area contributed by atoms with Crippen molar-refractivity contribution in [3.8, 4) is 11.1 Å². The van der Waals surface area contributed by atoms with E-state index in [9.17, 15) is 0 Å². The first-order valence-corrected chi connectivity index (χ1v) is 29.1. The molecule has 0 saturated carbocycles. The summed E-state index contributed by atoms with van der Waals surface area (Å²) in [6, 6.07) is 60.5. The van der Waals surface area contributed by atoms with E-state index in [2.05, 4.69) is 284 Å². The topological polar surface area (TPSA) is 9.72 Å². The molecule has 8 aromatic carbocycles. The van der Waals surface area contributed by atoms with Gasteiger partial charge in [0.2, 0.25) is 0 Å². The van der Waals surface area contributed by atoms with Crippen LogP contribution in [0.4, 0.5) is 51.2 Å². The van der Waals surface area contributed by atoms with E-state index in [4.69, 9.17) is 0 Å². The molecule has 0 saturated heterocycles. The Morgan fingerprint density at radius 2 is 0.833 bits per heavy atom. The molecule has 78 heavy (non-hydrogen) atoms. The van der Waals surface area contributed by atoms with Gasteiger partial charge in [-0.15, -0.1) is 0 Å². The third-order valence-corrected chi connectivity index (χ3v) is 18.2. The van der Waals surface area contributed by atoms with Crippen LogP contribution in [-0.2, 0) is 45.3 Å². The normalized spacial score (nSPS) is 15.4. The summed E-state index contributed by atoms with van der Waals surface area (Å²) >= 11 is 0. The van der Waals surface area contributed by atoms with Gasteiger partial charge >= 0.3 is 0 Å². The first-order chi connectivity index (χ1) is 36.6. The van der Waals surface area contributed by atoms with Crippen LogP contribution in [0.5, 0.6) is 0 Å². The Morgan fingerprint density at radius 1 is 0.397 bits per heavy atom. The molecule has 4 heteroatoms. The number of benzene rings is 8. The molecule has 0 atom stereocenters. The Balaban J connectivity index is 1.21. The van der Waals surface area contributed by atoms with Gasteiger partial charge in [-0.25, -0.2) is 0 Å². The molecule has 4 aliphatic rings. The number of hydrogen-bond donors (Lipinski definition) is 0. The average Bonchev–Trinajstić information content (AvgIpc) is 3.10. The van der Waals surface area contributed by atoms with Gasteiger partial charge in [-0.2, -0.15) is 0 Å². The molecule has 0 unspecified atom stereocenters. The Bertz CT molecular complexity index is 3610. The Morgan fingerprint density at radius 3 is 1.31 bits per heavy atom. The van der Waals surface area contributed by atoms with Gasteiger partial charge < -0.3 is 14.7 Å². The molecule has 8 aromatic rings. The van der Waals surface area contributed by atoms with Gasteiger partial charge in [0.1, 0.15) is 0 Å². The van der Waals surface area contributed by atoms with Crippen LogP contribution in [0.3, 0.4) is 0 Å². The van der Waals surface area contributed by atoms with Crippen LogP contribution < -0.4 is 31.1 Å². The van der Waals surface area contributed by atoms with Crippen molar-refractivity contribution >= 4 is 74.3 Å². The van der Waals surface area contributed by atoms with Crippen molar-refractivity contribution in [1.82, 2.24) is 0 Å². The summed E-state index contributed by atoms with van der Waals surface area (Å²) in [6.07, 6.45) is 3.56. The summed E-state index contributed by atoms with van der Waals surface area (Å²) in [6.45, 7) is 39.8. The van der Waals surface area contributed by atoms with E-state index in [-0.39, 0.29) is 39.2 Å². The highest BCUT2D eigenvalue weighted by molar-refractivity contribution is 7.00. The second-order valence-electron chi connectivity index (χ2n) is 29.1. The smallest absolute Gasteiger partial charge is 0.252 e. The van der Waals surface area contributed by atoms with Gasteiger partial charge in [-0.3, -0.25) is 0 Å². The lowest BCUT2D eigenvalue weighted by molar-refractivity contribution is 0.590. The lowest BCUT2D eigenvalue weighted by Crippen LogP contribution is -2.61. The third-order valence-electron chi connectivity index (χ3n) is 18.2. The minimum atomic E-state index is -0.154. The van der Waals surface area contributed by atoms with Gasteiger partial charge in [0.05, 0.1) is 5.69 Å². The molecule has 0 radical (unpaired) electrons. The van der Waals surface area contributed by atoms with E-state index in [1.807, 2.05) is 0 Å². The fourth-order valence-electron chi connectivity index (χ4n) is 13.6. The number of fused-ring (bicyclic) bond motifs is 9. The Labute approximate surface area is 468 Å². The van der Waals surface area contributed by atoms with Crippen LogP contribution in [0, 0.1) is 0 Å². The molecule has 12 rings (SSSR count). The zero-order valence-electron chi connectivity index (χ0n) is 50.0. The largest absolute Gasteiger partial charge is 0.311 e. The second-order valence-corrected chi connectivity index (χ2v) is 29.1. The molecule has 2 aliphatic heterocycles. The van der Waals surface area contributed by atoms with E-state index in [0.717, 1.165) is 29.2 Å². The fourth-order valence-corrected chi connectivity index (χ4v) is 13.6. The van der Waals surface area contributed by atoms with E-state index >= 15 is 0 Å². The van der Waals surface area contributed by atoms with Crippen LogP contribution >= 0.6 is 0 Å². The quantitative estimate of drug-likeness (QED) is 0.159. The van der Waals surface area contributed by atoms with Crippen molar-refractivity contribution in [2.24, 2.45) is 0 Å². The molecule has 3 nitrogen and oxygen atoms in total. The highest BCUT2D eigenvalue weighted by atomic mass is 15.2. The average molecular weight is 1020 g/mol. The van der Waals surface area contributed by atoms with Crippen molar-refractivity contribution in [1.29, 1.82) is 0 Å². The molecule has 0 N–H and O–H groups in total. The molecule has 0 spiro atoms. The summed E-state index contributed by atoms with van der Waals surface area (Å²) in [4.78, 5) is 7.78. The maximum atomic E-state index is 2.68. The molecule has 0 fully saturated rings. The Hall–Kier alpha value is -6.78. The van der Waals surface area contributed by atoms with Crippen LogP contribution in [0.1, 0.15) is 174 Å². The minimum absolute atomic E-state index is 0.00196. The summed E-state index contributed by atoms with van der Waals surface area (Å²) in [5, 5.41) is 0. The van der Waals surface area contributed by atoms with Crippen molar-refractivity contribution in [3.63, 3.8) is 0 Å². The van der Waals surface area contributed by atoms with Crippen molar-refractivity contribution in [2.75, 3.05) is 14.7 Å². The standard InChI is InChI=1S/C74H82BN3/c1-69(2,3)47-22-31-52(32-23-47)76(53-33-24-48(25-34-53)70(4,5)6)56-42-65-68-66(43-56)78(55-37-28-50(29-38-55)72(10,11)12)64-44-59-58-39-21-46-19-18-20-57(46)67(58)74(16,17)60(59)45-62(64)75(68)61-41-51(73(13,14)15)30-40-63(61)77(65)54-35-26-49(27-36-54)71(7,8)9/h21-45H,18-20H2,1-17H3. The van der Waals surface area contributed by atoms with Gasteiger partial charge in [0.25, 0.3) is 6.71 Å². The molecule has 0 aromatic heterocycles. The van der Waals surface area contributed by atoms with E-state index < -0.39 is 0 Å². The van der Waals surface area contributed by atoms with Gasteiger partial charge in [0, 0.05) is 50.9 Å². The molecule has 2 aliphatic carbocycles. The molecule has 0 amide bonds. The predicted molar refractivity (Wildman–Crippen MR) is 338 cm³/mol. The minimum Gasteiger partial charge on any atom is -0.311 e. The number of aryl methyl sites for hydroxylation is 1. The first kappa shape index (κ1) is 52.0. The highest BCUT2D eigenvalue weighted by Gasteiger charge is 2.48. The number of anilines is 9. The van der Waals surface area contributed by atoms with Crippen molar-refractivity contribution in [3.05, 3.63) is 202 Å². The second kappa shape index (κ2) is 17.6. The molecule has 0 bridgehead atoms. The van der Waals surface area contributed by atoms with Crippen molar-refractivity contribution in [2.45, 2.75) is 169 Å². The zero-order valence-corrected chi connectivity index (χ0v) is 50.0. The van der Waals surface area contributed by atoms with Crippen LogP contribution in [0.15, 0.2) is 152 Å². The highest BCUT2D eigenvalue weighted by Crippen LogP contribution is 2.55.